The molecule has 0 amide bonds. The molecule has 5 nitrogen and oxygen atoms in total. The van der Waals surface area contributed by atoms with Crippen molar-refractivity contribution in [2.75, 3.05) is 5.32 Å². The topological polar surface area (TPSA) is 63.8 Å². The molecule has 0 aliphatic rings. The third-order valence-corrected chi connectivity index (χ3v) is 3.38. The van der Waals surface area contributed by atoms with E-state index in [1.54, 1.807) is 11.3 Å². The maximum absolute atomic E-state index is 5.90. The highest BCUT2D eigenvalue weighted by molar-refractivity contribution is 7.22. The second-order valence-electron chi connectivity index (χ2n) is 3.33. The Labute approximate surface area is 105 Å². The first-order valence-corrected chi connectivity index (χ1v) is 6.06. The van der Waals surface area contributed by atoms with Crippen molar-refractivity contribution in [2.24, 2.45) is 0 Å². The number of nitrogens with one attached hydrogen (secondary N) is 1. The van der Waals surface area contributed by atoms with E-state index in [1.165, 1.54) is 6.39 Å². The zero-order chi connectivity index (χ0) is 11.7. The second-order valence-corrected chi connectivity index (χ2v) is 4.80. The Bertz CT molecular complexity index is 637. The summed E-state index contributed by atoms with van der Waals surface area (Å²) in [5.74, 6) is 0.599. The molecule has 0 unspecified atom stereocenters. The average molecular weight is 267 g/mol. The number of rotatable bonds is 3. The molecule has 1 aromatic carbocycles. The lowest BCUT2D eigenvalue weighted by atomic mass is 10.3. The zero-order valence-corrected chi connectivity index (χ0v) is 10.1. The maximum Gasteiger partial charge on any atom is 0.213 e. The highest BCUT2D eigenvalue weighted by Gasteiger charge is 2.05. The second kappa shape index (κ2) is 4.31. The molecule has 0 atom stereocenters. The molecule has 3 aromatic rings. The minimum absolute atomic E-state index is 0.490. The average Bonchev–Trinajstić information content (AvgIpc) is 2.94. The Morgan fingerprint density at radius 1 is 1.41 bits per heavy atom. The molecular formula is C10H7ClN4OS. The number of halogens is 1. The summed E-state index contributed by atoms with van der Waals surface area (Å²) >= 11 is 7.46. The molecule has 2 heterocycles. The van der Waals surface area contributed by atoms with E-state index in [9.17, 15) is 0 Å². The molecule has 7 heteroatoms. The number of nitrogens with zero attached hydrogens (tertiary/aromatic N) is 3. The quantitative estimate of drug-likeness (QED) is 0.790. The van der Waals surface area contributed by atoms with Gasteiger partial charge in [-0.05, 0) is 18.2 Å². The molecule has 0 radical (unpaired) electrons. The van der Waals surface area contributed by atoms with Gasteiger partial charge in [-0.25, -0.2) is 4.98 Å². The van der Waals surface area contributed by atoms with Gasteiger partial charge >= 0.3 is 0 Å². The summed E-state index contributed by atoms with van der Waals surface area (Å²) in [5.41, 5.74) is 0.887. The van der Waals surface area contributed by atoms with Crippen LogP contribution in [0.5, 0.6) is 0 Å². The molecule has 0 aliphatic carbocycles. The van der Waals surface area contributed by atoms with Gasteiger partial charge in [-0.2, -0.15) is 4.98 Å². The Kier molecular flexibility index (Phi) is 2.66. The van der Waals surface area contributed by atoms with E-state index < -0.39 is 0 Å². The van der Waals surface area contributed by atoms with E-state index in [2.05, 4.69) is 25.0 Å². The molecular weight excluding hydrogens is 260 g/mol. The molecule has 0 saturated carbocycles. The van der Waals surface area contributed by atoms with Crippen molar-refractivity contribution in [3.63, 3.8) is 0 Å². The summed E-state index contributed by atoms with van der Waals surface area (Å²) in [4.78, 5) is 8.32. The van der Waals surface area contributed by atoms with Crippen LogP contribution in [0.15, 0.2) is 29.1 Å². The van der Waals surface area contributed by atoms with Crippen LogP contribution in [-0.4, -0.2) is 15.1 Å². The van der Waals surface area contributed by atoms with Crippen LogP contribution in [0, 0.1) is 0 Å². The minimum Gasteiger partial charge on any atom is -0.354 e. The number of aromatic nitrogens is 3. The smallest absolute Gasteiger partial charge is 0.213 e. The number of hydrogen-bond donors (Lipinski definition) is 1. The van der Waals surface area contributed by atoms with E-state index in [0.717, 1.165) is 15.3 Å². The number of hydrogen-bond acceptors (Lipinski definition) is 6. The molecule has 86 valence electrons. The van der Waals surface area contributed by atoms with Crippen LogP contribution in [0.25, 0.3) is 10.2 Å². The van der Waals surface area contributed by atoms with Crippen LogP contribution in [-0.2, 0) is 6.54 Å². The summed E-state index contributed by atoms with van der Waals surface area (Å²) in [6.07, 6.45) is 1.30. The lowest BCUT2D eigenvalue weighted by Crippen LogP contribution is -2.00. The van der Waals surface area contributed by atoms with Crippen molar-refractivity contribution in [2.45, 2.75) is 6.54 Å². The fraction of sp³-hybridized carbons (Fsp3) is 0.100. The van der Waals surface area contributed by atoms with E-state index in [0.29, 0.717) is 17.4 Å². The predicted molar refractivity (Wildman–Crippen MR) is 66.3 cm³/mol. The van der Waals surface area contributed by atoms with Crippen LogP contribution < -0.4 is 5.32 Å². The largest absolute Gasteiger partial charge is 0.354 e. The molecule has 1 N–H and O–H groups in total. The Morgan fingerprint density at radius 2 is 2.35 bits per heavy atom. The van der Waals surface area contributed by atoms with Crippen molar-refractivity contribution < 1.29 is 4.52 Å². The van der Waals surface area contributed by atoms with E-state index in [1.807, 2.05) is 18.2 Å². The molecule has 0 aliphatic heterocycles. The fourth-order valence-corrected chi connectivity index (χ4v) is 2.41. The molecule has 0 fully saturated rings. The standard InChI is InChI=1S/C10H7ClN4OS/c11-6-1-2-8-7(3-6)14-10(17-8)12-4-9-13-5-16-15-9/h1-3,5H,4H2,(H,12,14). The highest BCUT2D eigenvalue weighted by atomic mass is 35.5. The van der Waals surface area contributed by atoms with Gasteiger partial charge < -0.3 is 9.84 Å². The van der Waals surface area contributed by atoms with Crippen molar-refractivity contribution in [1.29, 1.82) is 0 Å². The number of thiazole rings is 1. The van der Waals surface area contributed by atoms with Gasteiger partial charge in [0.25, 0.3) is 0 Å². The summed E-state index contributed by atoms with van der Waals surface area (Å²) < 4.78 is 5.73. The van der Waals surface area contributed by atoms with Gasteiger partial charge in [0, 0.05) is 5.02 Å². The molecule has 2 aromatic heterocycles. The Balaban J connectivity index is 1.81. The minimum atomic E-state index is 0.490. The number of fused-ring (bicyclic) bond motifs is 1. The van der Waals surface area contributed by atoms with Crippen molar-refractivity contribution in [3.8, 4) is 0 Å². The SMILES string of the molecule is Clc1ccc2sc(NCc3ncon3)nc2c1. The number of benzene rings is 1. The first kappa shape index (κ1) is 10.5. The first-order valence-electron chi connectivity index (χ1n) is 4.86. The maximum atomic E-state index is 5.90. The van der Waals surface area contributed by atoms with Gasteiger partial charge in [0.05, 0.1) is 16.8 Å². The number of anilines is 1. The predicted octanol–water partition coefficient (Wildman–Crippen LogP) is 2.94. The van der Waals surface area contributed by atoms with Crippen LogP contribution in [0.2, 0.25) is 5.02 Å². The van der Waals surface area contributed by atoms with Gasteiger partial charge in [0.2, 0.25) is 6.39 Å². The Hall–Kier alpha value is -1.66. The van der Waals surface area contributed by atoms with Crippen molar-refractivity contribution in [1.82, 2.24) is 15.1 Å². The molecule has 3 rings (SSSR count). The molecule has 0 saturated heterocycles. The first-order chi connectivity index (χ1) is 8.31. The third kappa shape index (κ3) is 2.22. The Morgan fingerprint density at radius 3 is 3.18 bits per heavy atom. The van der Waals surface area contributed by atoms with Crippen LogP contribution in [0.4, 0.5) is 5.13 Å². The van der Waals surface area contributed by atoms with Crippen LogP contribution in [0.1, 0.15) is 5.82 Å². The van der Waals surface area contributed by atoms with E-state index in [4.69, 9.17) is 11.6 Å². The van der Waals surface area contributed by atoms with E-state index in [-0.39, 0.29) is 0 Å². The summed E-state index contributed by atoms with van der Waals surface area (Å²) in [7, 11) is 0. The molecule has 0 spiro atoms. The van der Waals surface area contributed by atoms with E-state index >= 15 is 0 Å². The van der Waals surface area contributed by atoms with Gasteiger partial charge in [0.15, 0.2) is 11.0 Å². The van der Waals surface area contributed by atoms with Gasteiger partial charge in [-0.3, -0.25) is 0 Å². The van der Waals surface area contributed by atoms with Gasteiger partial charge in [-0.15, -0.1) is 0 Å². The summed E-state index contributed by atoms with van der Waals surface area (Å²) in [6.45, 7) is 0.490. The normalized spacial score (nSPS) is 10.9. The fourth-order valence-electron chi connectivity index (χ4n) is 1.40. The summed E-state index contributed by atoms with van der Waals surface area (Å²) in [5, 5.41) is 8.34. The van der Waals surface area contributed by atoms with Gasteiger partial charge in [-0.1, -0.05) is 28.1 Å². The monoisotopic (exact) mass is 266 g/mol. The van der Waals surface area contributed by atoms with Gasteiger partial charge in [0.1, 0.15) is 0 Å². The van der Waals surface area contributed by atoms with Crippen LogP contribution >= 0.6 is 22.9 Å². The lowest BCUT2D eigenvalue weighted by molar-refractivity contribution is 0.411. The molecule has 17 heavy (non-hydrogen) atoms. The zero-order valence-electron chi connectivity index (χ0n) is 8.55. The molecule has 0 bridgehead atoms. The third-order valence-electron chi connectivity index (χ3n) is 2.15. The van der Waals surface area contributed by atoms with Crippen molar-refractivity contribution in [3.05, 3.63) is 35.4 Å². The highest BCUT2D eigenvalue weighted by Crippen LogP contribution is 2.28. The lowest BCUT2D eigenvalue weighted by Gasteiger charge is -1.95. The van der Waals surface area contributed by atoms with Crippen molar-refractivity contribution >= 4 is 38.3 Å². The summed E-state index contributed by atoms with van der Waals surface area (Å²) in [6, 6.07) is 5.65. The van der Waals surface area contributed by atoms with Crippen LogP contribution in [0.3, 0.4) is 0 Å².